The van der Waals surface area contributed by atoms with Gasteiger partial charge in [-0.1, -0.05) is 42.5 Å². The van der Waals surface area contributed by atoms with E-state index < -0.39 is 0 Å². The Morgan fingerprint density at radius 3 is 2.08 bits per heavy atom. The summed E-state index contributed by atoms with van der Waals surface area (Å²) in [6.45, 7) is 2.38. The van der Waals surface area contributed by atoms with Crippen molar-refractivity contribution >= 4 is 21.5 Å². The molecule has 1 spiro atoms. The van der Waals surface area contributed by atoms with Crippen LogP contribution in [0.5, 0.6) is 0 Å². The molecule has 0 aliphatic heterocycles. The molecule has 3 aromatic carbocycles. The molecule has 0 saturated heterocycles. The van der Waals surface area contributed by atoms with Crippen molar-refractivity contribution in [2.75, 3.05) is 0 Å². The maximum absolute atomic E-state index is 2.50. The van der Waals surface area contributed by atoms with Crippen molar-refractivity contribution in [3.63, 3.8) is 0 Å². The first-order valence-electron chi connectivity index (χ1n) is 10.2. The van der Waals surface area contributed by atoms with Crippen LogP contribution in [0, 0.1) is 30.6 Å². The number of benzene rings is 3. The van der Waals surface area contributed by atoms with Crippen molar-refractivity contribution in [1.82, 2.24) is 0 Å². The second kappa shape index (κ2) is 4.11. The average Bonchev–Trinajstić information content (AvgIpc) is 2.93. The van der Waals surface area contributed by atoms with Crippen LogP contribution in [0.25, 0.3) is 21.5 Å². The molecule has 0 atom stereocenters. The van der Waals surface area contributed by atoms with Crippen molar-refractivity contribution in [2.24, 2.45) is 23.7 Å². The highest BCUT2D eigenvalue weighted by Crippen LogP contribution is 2.69. The fraction of sp³-hybridized carbons (Fsp3) is 0.440. The zero-order valence-electron chi connectivity index (χ0n) is 14.9. The van der Waals surface area contributed by atoms with E-state index in [1.807, 2.05) is 0 Å². The molecule has 0 N–H and O–H groups in total. The van der Waals surface area contributed by atoms with Crippen molar-refractivity contribution in [1.29, 1.82) is 0 Å². The van der Waals surface area contributed by atoms with Gasteiger partial charge in [0.2, 0.25) is 0 Å². The van der Waals surface area contributed by atoms with Gasteiger partial charge in [0, 0.05) is 5.41 Å². The molecule has 5 aliphatic rings. The van der Waals surface area contributed by atoms with E-state index in [-0.39, 0.29) is 0 Å². The molecule has 4 fully saturated rings. The summed E-state index contributed by atoms with van der Waals surface area (Å²) < 4.78 is 0. The largest absolute Gasteiger partial charge is 0.0613 e. The maximum Gasteiger partial charge on any atom is 0.0274 e. The molecule has 4 bridgehead atoms. The lowest BCUT2D eigenvalue weighted by Crippen LogP contribution is -2.55. The molecule has 124 valence electrons. The van der Waals surface area contributed by atoms with Gasteiger partial charge in [-0.3, -0.25) is 0 Å². The Balaban J connectivity index is 1.69. The SMILES string of the molecule is Cc1ccc2ccc3cccc4c3c2c1C41C2CC3CC(C2)CC1C3. The second-order valence-electron chi connectivity index (χ2n) is 9.50. The minimum atomic E-state index is 0.334. The summed E-state index contributed by atoms with van der Waals surface area (Å²) in [5.41, 5.74) is 5.32. The zero-order chi connectivity index (χ0) is 16.3. The molecular formula is C25H24. The second-order valence-corrected chi connectivity index (χ2v) is 9.50. The fourth-order valence-corrected chi connectivity index (χ4v) is 8.09. The first-order chi connectivity index (χ1) is 12.3. The van der Waals surface area contributed by atoms with Crippen molar-refractivity contribution < 1.29 is 0 Å². The number of hydrogen-bond acceptors (Lipinski definition) is 0. The summed E-state index contributed by atoms with van der Waals surface area (Å²) in [7, 11) is 0. The van der Waals surface area contributed by atoms with Crippen LogP contribution in [0.3, 0.4) is 0 Å². The maximum atomic E-state index is 2.50. The first kappa shape index (κ1) is 13.4. The Hall–Kier alpha value is -1.82. The van der Waals surface area contributed by atoms with Crippen LogP contribution in [-0.2, 0) is 5.41 Å². The Kier molecular flexibility index (Phi) is 2.20. The zero-order valence-corrected chi connectivity index (χ0v) is 14.9. The normalized spacial score (nSPS) is 37.2. The van der Waals surface area contributed by atoms with Gasteiger partial charge in [-0.2, -0.15) is 0 Å². The smallest absolute Gasteiger partial charge is 0.0274 e. The van der Waals surface area contributed by atoms with Gasteiger partial charge in [0.15, 0.2) is 0 Å². The van der Waals surface area contributed by atoms with E-state index in [1.165, 1.54) is 42.9 Å². The summed E-state index contributed by atoms with van der Waals surface area (Å²) in [5, 5.41) is 6.14. The minimum Gasteiger partial charge on any atom is -0.0613 e. The van der Waals surface area contributed by atoms with Crippen LogP contribution < -0.4 is 0 Å². The Morgan fingerprint density at radius 2 is 1.36 bits per heavy atom. The summed E-state index contributed by atoms with van der Waals surface area (Å²) in [6, 6.07) is 16.6. The lowest BCUT2D eigenvalue weighted by Gasteiger charge is -2.61. The van der Waals surface area contributed by atoms with Gasteiger partial charge in [0.25, 0.3) is 0 Å². The van der Waals surface area contributed by atoms with Crippen LogP contribution in [-0.4, -0.2) is 0 Å². The Bertz CT molecular complexity index is 1040. The molecule has 0 nitrogen and oxygen atoms in total. The average molecular weight is 324 g/mol. The molecule has 0 amide bonds. The van der Waals surface area contributed by atoms with E-state index in [1.54, 1.807) is 27.5 Å². The predicted octanol–water partition coefficient (Wildman–Crippen LogP) is 6.36. The molecular weight excluding hydrogens is 300 g/mol. The van der Waals surface area contributed by atoms with Crippen molar-refractivity contribution in [3.8, 4) is 0 Å². The van der Waals surface area contributed by atoms with Crippen LogP contribution >= 0.6 is 0 Å². The minimum absolute atomic E-state index is 0.334. The number of rotatable bonds is 0. The Labute approximate surface area is 149 Å². The van der Waals surface area contributed by atoms with Crippen LogP contribution in [0.1, 0.15) is 48.8 Å². The molecule has 0 heterocycles. The highest BCUT2D eigenvalue weighted by atomic mass is 14.6. The summed E-state index contributed by atoms with van der Waals surface area (Å²) in [4.78, 5) is 0. The van der Waals surface area contributed by atoms with Crippen molar-refractivity contribution in [2.45, 2.75) is 44.4 Å². The topological polar surface area (TPSA) is 0 Å². The molecule has 0 aromatic heterocycles. The molecule has 8 rings (SSSR count). The summed E-state index contributed by atoms with van der Waals surface area (Å²) in [5.74, 6) is 3.81. The lowest BCUT2D eigenvalue weighted by molar-refractivity contribution is -0.0399. The van der Waals surface area contributed by atoms with Crippen LogP contribution in [0.4, 0.5) is 0 Å². The number of aryl methyl sites for hydroxylation is 1. The number of hydrogen-bond donors (Lipinski definition) is 0. The van der Waals surface area contributed by atoms with Gasteiger partial charge in [-0.25, -0.2) is 0 Å². The third-order valence-corrected chi connectivity index (χ3v) is 8.52. The summed E-state index contributed by atoms with van der Waals surface area (Å²) in [6.07, 6.45) is 7.45. The van der Waals surface area contributed by atoms with E-state index in [2.05, 4.69) is 49.4 Å². The van der Waals surface area contributed by atoms with Gasteiger partial charge in [0.05, 0.1) is 0 Å². The Morgan fingerprint density at radius 1 is 0.720 bits per heavy atom. The fourth-order valence-electron chi connectivity index (χ4n) is 8.09. The molecule has 0 unspecified atom stereocenters. The molecule has 0 heteroatoms. The molecule has 25 heavy (non-hydrogen) atoms. The quantitative estimate of drug-likeness (QED) is 0.422. The predicted molar refractivity (Wildman–Crippen MR) is 104 cm³/mol. The van der Waals surface area contributed by atoms with Gasteiger partial charge >= 0.3 is 0 Å². The van der Waals surface area contributed by atoms with Gasteiger partial charge in [0.1, 0.15) is 0 Å². The van der Waals surface area contributed by atoms with Crippen molar-refractivity contribution in [3.05, 3.63) is 59.2 Å². The van der Waals surface area contributed by atoms with Gasteiger partial charge in [-0.05, 0) is 101 Å². The molecule has 0 radical (unpaired) electrons. The third kappa shape index (κ3) is 1.34. The third-order valence-electron chi connectivity index (χ3n) is 8.52. The van der Waals surface area contributed by atoms with Crippen LogP contribution in [0.2, 0.25) is 0 Å². The molecule has 5 aliphatic carbocycles. The van der Waals surface area contributed by atoms with Gasteiger partial charge < -0.3 is 0 Å². The van der Waals surface area contributed by atoms with E-state index in [0.29, 0.717) is 5.41 Å². The highest BCUT2D eigenvalue weighted by Gasteiger charge is 2.61. The van der Waals surface area contributed by atoms with E-state index in [4.69, 9.17) is 0 Å². The monoisotopic (exact) mass is 324 g/mol. The highest BCUT2D eigenvalue weighted by molar-refractivity contribution is 6.15. The molecule has 3 aromatic rings. The first-order valence-corrected chi connectivity index (χ1v) is 10.2. The summed E-state index contributed by atoms with van der Waals surface area (Å²) >= 11 is 0. The molecule has 4 saturated carbocycles. The van der Waals surface area contributed by atoms with Gasteiger partial charge in [-0.15, -0.1) is 0 Å². The lowest BCUT2D eigenvalue weighted by atomic mass is 9.42. The van der Waals surface area contributed by atoms with E-state index in [0.717, 1.165) is 23.7 Å². The van der Waals surface area contributed by atoms with E-state index >= 15 is 0 Å². The standard InChI is InChI=1S/C25H24/c1-14-5-6-18-8-7-17-3-2-4-21-22(17)23(18)24(14)25(21)19-10-15-9-16(12-19)13-20(25)11-15/h2-8,15-16,19-20H,9-13H2,1H3. The van der Waals surface area contributed by atoms with E-state index in [9.17, 15) is 0 Å². The van der Waals surface area contributed by atoms with Crippen LogP contribution in [0.15, 0.2) is 42.5 Å².